The number of hydrogen-bond acceptors (Lipinski definition) is 4. The number of carbonyl (C=O) groups is 1. The molecule has 5 heteroatoms. The number of nitrogen functional groups attached to an aromatic ring is 1. The molecule has 1 amide bonds. The number of nitrogens with one attached hydrogen (secondary N) is 1. The average molecular weight is 275 g/mol. The predicted octanol–water partition coefficient (Wildman–Crippen LogP) is 1.87. The molecule has 1 aromatic rings. The summed E-state index contributed by atoms with van der Waals surface area (Å²) >= 11 is 0. The minimum Gasteiger partial charge on any atom is -0.490 e. The number of rotatable bonds is 4. The van der Waals surface area contributed by atoms with Gasteiger partial charge in [-0.2, -0.15) is 0 Å². The van der Waals surface area contributed by atoms with Crippen LogP contribution in [0.4, 0.5) is 11.4 Å². The van der Waals surface area contributed by atoms with E-state index in [-0.39, 0.29) is 12.0 Å². The molecular formula is C15H21N3O2. The molecule has 108 valence electrons. The summed E-state index contributed by atoms with van der Waals surface area (Å²) in [5.74, 6) is 0.446. The van der Waals surface area contributed by atoms with Gasteiger partial charge in [0.15, 0.2) is 0 Å². The molecule has 0 aromatic heterocycles. The van der Waals surface area contributed by atoms with Gasteiger partial charge in [-0.1, -0.05) is 6.58 Å². The molecule has 0 atom stereocenters. The summed E-state index contributed by atoms with van der Waals surface area (Å²) in [6, 6.07) is 5.33. The highest BCUT2D eigenvalue weighted by atomic mass is 16.5. The standard InChI is InChI=1S/C15H21N3O2/c1-3-15(19)17-14-10-12(4-5-13(14)16)20-11-6-8-18(2)9-7-11/h3-5,10-11H,1,6-9,16H2,2H3,(H,17,19). The van der Waals surface area contributed by atoms with E-state index in [4.69, 9.17) is 10.5 Å². The summed E-state index contributed by atoms with van der Waals surface area (Å²) in [5.41, 5.74) is 6.90. The zero-order valence-corrected chi connectivity index (χ0v) is 11.8. The van der Waals surface area contributed by atoms with E-state index in [1.54, 1.807) is 12.1 Å². The lowest BCUT2D eigenvalue weighted by molar-refractivity contribution is -0.111. The van der Waals surface area contributed by atoms with Crippen LogP contribution in [0.3, 0.4) is 0 Å². The van der Waals surface area contributed by atoms with Gasteiger partial charge in [0.05, 0.1) is 11.4 Å². The summed E-state index contributed by atoms with van der Waals surface area (Å²) < 4.78 is 5.96. The molecule has 1 aromatic carbocycles. The van der Waals surface area contributed by atoms with Gasteiger partial charge in [-0.05, 0) is 38.1 Å². The summed E-state index contributed by atoms with van der Waals surface area (Å²) in [5, 5.41) is 2.67. The largest absolute Gasteiger partial charge is 0.490 e. The average Bonchev–Trinajstić information content (AvgIpc) is 2.45. The van der Waals surface area contributed by atoms with Crippen LogP contribution in [0, 0.1) is 0 Å². The van der Waals surface area contributed by atoms with E-state index in [0.717, 1.165) is 31.7 Å². The van der Waals surface area contributed by atoms with Crippen LogP contribution in [0.5, 0.6) is 5.75 Å². The zero-order chi connectivity index (χ0) is 14.5. The third kappa shape index (κ3) is 3.74. The molecule has 1 aliphatic heterocycles. The summed E-state index contributed by atoms with van der Waals surface area (Å²) in [4.78, 5) is 13.6. The SMILES string of the molecule is C=CC(=O)Nc1cc(OC2CCN(C)CC2)ccc1N. The van der Waals surface area contributed by atoms with E-state index in [2.05, 4.69) is 23.8 Å². The Morgan fingerprint density at radius 3 is 2.85 bits per heavy atom. The molecule has 0 unspecified atom stereocenters. The molecule has 3 N–H and O–H groups in total. The van der Waals surface area contributed by atoms with Gasteiger partial charge in [0.2, 0.25) is 5.91 Å². The van der Waals surface area contributed by atoms with Crippen molar-refractivity contribution in [1.82, 2.24) is 4.90 Å². The van der Waals surface area contributed by atoms with Crippen LogP contribution >= 0.6 is 0 Å². The number of benzene rings is 1. The van der Waals surface area contributed by atoms with Crippen molar-refractivity contribution in [3.8, 4) is 5.75 Å². The fourth-order valence-electron chi connectivity index (χ4n) is 2.20. The maximum Gasteiger partial charge on any atom is 0.247 e. The molecule has 2 rings (SSSR count). The molecule has 20 heavy (non-hydrogen) atoms. The molecular weight excluding hydrogens is 254 g/mol. The number of piperidine rings is 1. The van der Waals surface area contributed by atoms with Crippen LogP contribution in [0.1, 0.15) is 12.8 Å². The maximum absolute atomic E-state index is 11.3. The summed E-state index contributed by atoms with van der Waals surface area (Å²) in [7, 11) is 2.11. The van der Waals surface area contributed by atoms with Gasteiger partial charge in [-0.3, -0.25) is 4.79 Å². The Labute approximate surface area is 119 Å². The Morgan fingerprint density at radius 1 is 1.50 bits per heavy atom. The lowest BCUT2D eigenvalue weighted by Gasteiger charge is -2.29. The highest BCUT2D eigenvalue weighted by molar-refractivity contribution is 6.01. The number of hydrogen-bond donors (Lipinski definition) is 2. The van der Waals surface area contributed by atoms with Crippen molar-refractivity contribution in [3.63, 3.8) is 0 Å². The first kappa shape index (κ1) is 14.4. The Morgan fingerprint density at radius 2 is 2.20 bits per heavy atom. The van der Waals surface area contributed by atoms with Gasteiger partial charge < -0.3 is 20.7 Å². The van der Waals surface area contributed by atoms with E-state index in [1.165, 1.54) is 6.08 Å². The fourth-order valence-corrected chi connectivity index (χ4v) is 2.20. The van der Waals surface area contributed by atoms with Crippen LogP contribution in [-0.4, -0.2) is 37.0 Å². The number of amides is 1. The summed E-state index contributed by atoms with van der Waals surface area (Å²) in [6.45, 7) is 5.50. The molecule has 1 saturated heterocycles. The van der Waals surface area contributed by atoms with Crippen LogP contribution in [0.25, 0.3) is 0 Å². The van der Waals surface area contributed by atoms with Crippen LogP contribution in [0.15, 0.2) is 30.9 Å². The van der Waals surface area contributed by atoms with E-state index < -0.39 is 0 Å². The van der Waals surface area contributed by atoms with E-state index in [9.17, 15) is 4.79 Å². The number of likely N-dealkylation sites (tertiary alicyclic amines) is 1. The normalized spacial score (nSPS) is 16.6. The van der Waals surface area contributed by atoms with E-state index >= 15 is 0 Å². The molecule has 5 nitrogen and oxygen atoms in total. The van der Waals surface area contributed by atoms with Crippen LogP contribution in [-0.2, 0) is 4.79 Å². The van der Waals surface area contributed by atoms with Crippen molar-refractivity contribution in [2.75, 3.05) is 31.2 Å². The summed E-state index contributed by atoms with van der Waals surface area (Å²) in [6.07, 6.45) is 3.45. The molecule has 0 radical (unpaired) electrons. The van der Waals surface area contributed by atoms with Gasteiger partial charge in [0, 0.05) is 19.2 Å². The predicted molar refractivity (Wildman–Crippen MR) is 80.8 cm³/mol. The zero-order valence-electron chi connectivity index (χ0n) is 11.8. The molecule has 1 aliphatic rings. The van der Waals surface area contributed by atoms with Crippen molar-refractivity contribution in [2.45, 2.75) is 18.9 Å². The van der Waals surface area contributed by atoms with Crippen molar-refractivity contribution < 1.29 is 9.53 Å². The van der Waals surface area contributed by atoms with Crippen molar-refractivity contribution in [2.24, 2.45) is 0 Å². The Kier molecular flexibility index (Phi) is 4.63. The highest BCUT2D eigenvalue weighted by Crippen LogP contribution is 2.26. The van der Waals surface area contributed by atoms with Crippen LogP contribution in [0.2, 0.25) is 0 Å². The first-order valence-corrected chi connectivity index (χ1v) is 6.76. The Balaban J connectivity index is 2.03. The molecule has 0 bridgehead atoms. The van der Waals surface area contributed by atoms with E-state index in [0.29, 0.717) is 11.4 Å². The lowest BCUT2D eigenvalue weighted by Crippen LogP contribution is -2.35. The third-order valence-electron chi connectivity index (χ3n) is 3.44. The van der Waals surface area contributed by atoms with Gasteiger partial charge in [-0.15, -0.1) is 0 Å². The number of carbonyl (C=O) groups excluding carboxylic acids is 1. The minimum atomic E-state index is -0.284. The van der Waals surface area contributed by atoms with Crippen molar-refractivity contribution in [1.29, 1.82) is 0 Å². The first-order valence-electron chi connectivity index (χ1n) is 6.76. The third-order valence-corrected chi connectivity index (χ3v) is 3.44. The molecule has 0 aliphatic carbocycles. The van der Waals surface area contributed by atoms with Gasteiger partial charge >= 0.3 is 0 Å². The van der Waals surface area contributed by atoms with Crippen molar-refractivity contribution >= 4 is 17.3 Å². The molecule has 0 saturated carbocycles. The molecule has 1 fully saturated rings. The second-order valence-electron chi connectivity index (χ2n) is 5.06. The van der Waals surface area contributed by atoms with Gasteiger partial charge in [-0.25, -0.2) is 0 Å². The second-order valence-corrected chi connectivity index (χ2v) is 5.06. The lowest BCUT2D eigenvalue weighted by atomic mass is 10.1. The maximum atomic E-state index is 11.3. The monoisotopic (exact) mass is 275 g/mol. The van der Waals surface area contributed by atoms with Gasteiger partial charge in [0.25, 0.3) is 0 Å². The number of nitrogens with zero attached hydrogens (tertiary/aromatic N) is 1. The quantitative estimate of drug-likeness (QED) is 0.650. The number of anilines is 2. The smallest absolute Gasteiger partial charge is 0.247 e. The second kappa shape index (κ2) is 6.43. The minimum absolute atomic E-state index is 0.220. The first-order chi connectivity index (χ1) is 9.58. The molecule has 0 spiro atoms. The van der Waals surface area contributed by atoms with Gasteiger partial charge in [0.1, 0.15) is 11.9 Å². The Bertz CT molecular complexity index is 494. The molecule has 1 heterocycles. The fraction of sp³-hybridized carbons (Fsp3) is 0.400. The Hall–Kier alpha value is -2.01. The van der Waals surface area contributed by atoms with Crippen LogP contribution < -0.4 is 15.8 Å². The number of ether oxygens (including phenoxy) is 1. The van der Waals surface area contributed by atoms with E-state index in [1.807, 2.05) is 6.07 Å². The number of nitrogens with two attached hydrogens (primary N) is 1. The highest BCUT2D eigenvalue weighted by Gasteiger charge is 2.18. The van der Waals surface area contributed by atoms with Crippen molar-refractivity contribution in [3.05, 3.63) is 30.9 Å². The topological polar surface area (TPSA) is 67.6 Å².